The fourth-order valence-electron chi connectivity index (χ4n) is 2.76. The van der Waals surface area contributed by atoms with E-state index in [9.17, 15) is 5.11 Å². The zero-order chi connectivity index (χ0) is 16.1. The van der Waals surface area contributed by atoms with E-state index in [0.717, 1.165) is 6.42 Å². The summed E-state index contributed by atoms with van der Waals surface area (Å²) in [5.41, 5.74) is 0.165. The van der Waals surface area contributed by atoms with Crippen molar-refractivity contribution in [3.63, 3.8) is 0 Å². The molecule has 0 bridgehead atoms. The summed E-state index contributed by atoms with van der Waals surface area (Å²) >= 11 is 0. The Balaban J connectivity index is 3.42. The highest BCUT2D eigenvalue weighted by Gasteiger charge is 2.22. The fourth-order valence-corrected chi connectivity index (χ4v) is 2.76. The summed E-state index contributed by atoms with van der Waals surface area (Å²) in [6.45, 7) is 10.7. The van der Waals surface area contributed by atoms with Gasteiger partial charge >= 0.3 is 0 Å². The van der Waals surface area contributed by atoms with Crippen LogP contribution in [-0.2, 0) is 0 Å². The zero-order valence-corrected chi connectivity index (χ0v) is 15.2. The van der Waals surface area contributed by atoms with E-state index in [1.807, 2.05) is 13.8 Å². The van der Waals surface area contributed by atoms with Crippen molar-refractivity contribution < 1.29 is 5.11 Å². The largest absolute Gasteiger partial charge is 0.393 e. The molecular weight excluding hydrogens is 256 g/mol. The van der Waals surface area contributed by atoms with E-state index in [2.05, 4.69) is 32.6 Å². The second-order valence-electron chi connectivity index (χ2n) is 7.25. The van der Waals surface area contributed by atoms with Gasteiger partial charge in [0, 0.05) is 5.41 Å². The van der Waals surface area contributed by atoms with E-state index < -0.39 is 0 Å². The smallest absolute Gasteiger partial charge is 0.0512 e. The van der Waals surface area contributed by atoms with Crippen LogP contribution >= 0.6 is 0 Å². The second kappa shape index (κ2) is 12.1. The molecule has 0 fully saturated rings. The van der Waals surface area contributed by atoms with Crippen molar-refractivity contribution in [3.8, 4) is 11.8 Å². The number of rotatable bonds is 12. The van der Waals surface area contributed by atoms with Gasteiger partial charge in [-0.3, -0.25) is 0 Å². The molecular formula is C20H38O. The van der Waals surface area contributed by atoms with Gasteiger partial charge in [-0.25, -0.2) is 0 Å². The molecule has 124 valence electrons. The van der Waals surface area contributed by atoms with Crippen LogP contribution in [0.4, 0.5) is 0 Å². The van der Waals surface area contributed by atoms with Crippen LogP contribution in [0.1, 0.15) is 98.8 Å². The summed E-state index contributed by atoms with van der Waals surface area (Å²) in [5.74, 6) is 7.09. The molecule has 0 heterocycles. The first kappa shape index (κ1) is 20.5. The number of aliphatic hydroxyl groups is 1. The van der Waals surface area contributed by atoms with Crippen molar-refractivity contribution >= 4 is 0 Å². The number of aliphatic hydroxyl groups excluding tert-OH is 1. The fraction of sp³-hybridized carbons (Fsp3) is 0.900. The molecule has 0 aromatic rings. The Kier molecular flexibility index (Phi) is 11.8. The van der Waals surface area contributed by atoms with Crippen molar-refractivity contribution in [2.24, 2.45) is 11.3 Å². The maximum Gasteiger partial charge on any atom is 0.0512 e. The van der Waals surface area contributed by atoms with Crippen molar-refractivity contribution in [3.05, 3.63) is 0 Å². The minimum absolute atomic E-state index is 0.117. The molecule has 0 aromatic carbocycles. The molecule has 21 heavy (non-hydrogen) atoms. The van der Waals surface area contributed by atoms with Crippen molar-refractivity contribution in [2.45, 2.75) is 105 Å². The Hall–Kier alpha value is -0.480. The Morgan fingerprint density at radius 2 is 1.24 bits per heavy atom. The van der Waals surface area contributed by atoms with Crippen LogP contribution in [0, 0.1) is 23.2 Å². The second-order valence-corrected chi connectivity index (χ2v) is 7.25. The molecule has 2 unspecified atom stereocenters. The highest BCUT2D eigenvalue weighted by molar-refractivity contribution is 5.08. The molecule has 1 nitrogen and oxygen atoms in total. The molecule has 0 amide bonds. The van der Waals surface area contributed by atoms with Crippen LogP contribution < -0.4 is 0 Å². The Morgan fingerprint density at radius 1 is 0.810 bits per heavy atom. The average Bonchev–Trinajstić information content (AvgIpc) is 2.40. The van der Waals surface area contributed by atoms with Gasteiger partial charge in [-0.2, -0.15) is 0 Å². The zero-order valence-electron chi connectivity index (χ0n) is 15.2. The van der Waals surface area contributed by atoms with Crippen molar-refractivity contribution in [1.29, 1.82) is 0 Å². The highest BCUT2D eigenvalue weighted by atomic mass is 16.3. The number of hydrogen-bond acceptors (Lipinski definition) is 1. The predicted octanol–water partition coefficient (Wildman–Crippen LogP) is 5.95. The van der Waals surface area contributed by atoms with Crippen LogP contribution in [0.25, 0.3) is 0 Å². The summed E-state index contributed by atoms with van der Waals surface area (Å²) in [6, 6.07) is 0. The van der Waals surface area contributed by atoms with Gasteiger partial charge < -0.3 is 5.11 Å². The summed E-state index contributed by atoms with van der Waals surface area (Å²) in [4.78, 5) is 0. The summed E-state index contributed by atoms with van der Waals surface area (Å²) in [7, 11) is 0. The first-order valence-corrected chi connectivity index (χ1v) is 9.02. The molecule has 0 rings (SSSR count). The molecule has 0 aliphatic rings. The molecule has 0 saturated carbocycles. The predicted molar refractivity (Wildman–Crippen MR) is 94.2 cm³/mol. The summed E-state index contributed by atoms with van der Waals surface area (Å²) in [6.07, 6.45) is 12.8. The van der Waals surface area contributed by atoms with Crippen LogP contribution in [0.2, 0.25) is 0 Å². The quantitative estimate of drug-likeness (QED) is 0.348. The number of hydrogen-bond donors (Lipinski definition) is 1. The SMILES string of the molecule is CC#CC(C)(C)C(C)CCCCCCCCCCC(C)O. The van der Waals surface area contributed by atoms with E-state index in [1.165, 1.54) is 57.8 Å². The lowest BCUT2D eigenvalue weighted by molar-refractivity contribution is 0.180. The maximum absolute atomic E-state index is 9.18. The lowest BCUT2D eigenvalue weighted by atomic mass is 9.78. The van der Waals surface area contributed by atoms with Crippen LogP contribution in [0.3, 0.4) is 0 Å². The van der Waals surface area contributed by atoms with Gasteiger partial charge in [0.2, 0.25) is 0 Å². The van der Waals surface area contributed by atoms with E-state index in [1.54, 1.807) is 0 Å². The standard InChI is InChI=1S/C20H38O/c1-6-17-20(4,5)18(2)15-13-11-9-7-8-10-12-14-16-19(3)21/h18-19,21H,7-16H2,1-5H3. The topological polar surface area (TPSA) is 20.2 Å². The van der Waals surface area contributed by atoms with Gasteiger partial charge in [0.05, 0.1) is 6.10 Å². The van der Waals surface area contributed by atoms with E-state index in [4.69, 9.17) is 0 Å². The first-order valence-electron chi connectivity index (χ1n) is 9.02. The van der Waals surface area contributed by atoms with Crippen LogP contribution in [0.5, 0.6) is 0 Å². The van der Waals surface area contributed by atoms with Gasteiger partial charge in [-0.05, 0) is 46.5 Å². The van der Waals surface area contributed by atoms with E-state index >= 15 is 0 Å². The maximum atomic E-state index is 9.18. The molecule has 0 aliphatic heterocycles. The third-order valence-corrected chi connectivity index (χ3v) is 4.69. The van der Waals surface area contributed by atoms with Gasteiger partial charge in [0.25, 0.3) is 0 Å². The normalized spacial score (nSPS) is 14.4. The van der Waals surface area contributed by atoms with Crippen LogP contribution in [-0.4, -0.2) is 11.2 Å². The van der Waals surface area contributed by atoms with Crippen molar-refractivity contribution in [2.75, 3.05) is 0 Å². The molecule has 1 heteroatoms. The molecule has 0 aromatic heterocycles. The number of unbranched alkanes of at least 4 members (excludes halogenated alkanes) is 7. The minimum Gasteiger partial charge on any atom is -0.393 e. The Bertz CT molecular complexity index is 293. The van der Waals surface area contributed by atoms with E-state index in [0.29, 0.717) is 5.92 Å². The summed E-state index contributed by atoms with van der Waals surface area (Å²) < 4.78 is 0. The van der Waals surface area contributed by atoms with Crippen LogP contribution in [0.15, 0.2) is 0 Å². The van der Waals surface area contributed by atoms with Gasteiger partial charge in [-0.1, -0.05) is 64.2 Å². The molecule has 0 spiro atoms. The lowest BCUT2D eigenvalue weighted by Gasteiger charge is -2.26. The minimum atomic E-state index is -0.117. The van der Waals surface area contributed by atoms with E-state index in [-0.39, 0.29) is 11.5 Å². The third-order valence-electron chi connectivity index (χ3n) is 4.69. The molecule has 0 radical (unpaired) electrons. The van der Waals surface area contributed by atoms with Gasteiger partial charge in [0.1, 0.15) is 0 Å². The lowest BCUT2D eigenvalue weighted by Crippen LogP contribution is -2.19. The highest BCUT2D eigenvalue weighted by Crippen LogP contribution is 2.30. The van der Waals surface area contributed by atoms with Gasteiger partial charge in [-0.15, -0.1) is 5.92 Å². The Morgan fingerprint density at radius 3 is 1.67 bits per heavy atom. The Labute approximate surface area is 133 Å². The summed E-state index contributed by atoms with van der Waals surface area (Å²) in [5, 5.41) is 9.18. The van der Waals surface area contributed by atoms with Gasteiger partial charge in [0.15, 0.2) is 0 Å². The molecule has 0 saturated heterocycles. The molecule has 1 N–H and O–H groups in total. The molecule has 2 atom stereocenters. The average molecular weight is 295 g/mol. The molecule has 0 aliphatic carbocycles. The van der Waals surface area contributed by atoms with Crippen molar-refractivity contribution in [1.82, 2.24) is 0 Å². The monoisotopic (exact) mass is 294 g/mol. The first-order chi connectivity index (χ1) is 9.90. The third kappa shape index (κ3) is 11.8.